The summed E-state index contributed by atoms with van der Waals surface area (Å²) in [5.41, 5.74) is 3.56. The Bertz CT molecular complexity index is 843. The Labute approximate surface area is 147 Å². The Balaban J connectivity index is 1.70. The van der Waals surface area contributed by atoms with Crippen LogP contribution in [0.3, 0.4) is 0 Å². The van der Waals surface area contributed by atoms with Gasteiger partial charge in [-0.25, -0.2) is 4.98 Å². The summed E-state index contributed by atoms with van der Waals surface area (Å²) in [5, 5.41) is 2.97. The van der Waals surface area contributed by atoms with E-state index in [4.69, 9.17) is 4.74 Å². The van der Waals surface area contributed by atoms with Gasteiger partial charge in [-0.15, -0.1) is 0 Å². The van der Waals surface area contributed by atoms with Gasteiger partial charge in [0.25, 0.3) is 5.91 Å². The largest absolute Gasteiger partial charge is 0.380 e. The molecule has 0 fully saturated rings. The van der Waals surface area contributed by atoms with Gasteiger partial charge in [0.05, 0.1) is 24.5 Å². The molecule has 1 atom stereocenters. The lowest BCUT2D eigenvalue weighted by Gasteiger charge is -2.12. The highest BCUT2D eigenvalue weighted by molar-refractivity contribution is 5.94. The van der Waals surface area contributed by atoms with Crippen LogP contribution in [0, 0.1) is 0 Å². The van der Waals surface area contributed by atoms with Gasteiger partial charge in [-0.05, 0) is 30.2 Å². The van der Waals surface area contributed by atoms with Crippen LogP contribution in [0.25, 0.3) is 11.3 Å². The van der Waals surface area contributed by atoms with E-state index in [2.05, 4.69) is 15.3 Å². The Hall–Kier alpha value is -2.92. The first kappa shape index (κ1) is 16.9. The number of carbonyl (C=O) groups excluding carboxylic acids is 1. The van der Waals surface area contributed by atoms with Crippen molar-refractivity contribution in [1.29, 1.82) is 0 Å². The van der Waals surface area contributed by atoms with Crippen LogP contribution in [0.1, 0.15) is 34.7 Å². The van der Waals surface area contributed by atoms with E-state index >= 15 is 0 Å². The molecule has 0 aliphatic carbocycles. The van der Waals surface area contributed by atoms with Crippen molar-refractivity contribution in [3.63, 3.8) is 0 Å². The van der Waals surface area contributed by atoms with Gasteiger partial charge in [-0.3, -0.25) is 4.79 Å². The molecule has 1 heterocycles. The summed E-state index contributed by atoms with van der Waals surface area (Å²) in [5.74, 6) is 0.586. The molecular weight excluding hydrogens is 314 g/mol. The molecule has 3 aromatic rings. The average Bonchev–Trinajstić information content (AvgIpc) is 3.13. The number of methoxy groups -OCH3 is 1. The lowest BCUT2D eigenvalue weighted by atomic mass is 10.1. The van der Waals surface area contributed by atoms with Crippen LogP contribution in [0.4, 0.5) is 0 Å². The monoisotopic (exact) mass is 335 g/mol. The summed E-state index contributed by atoms with van der Waals surface area (Å²) in [7, 11) is 1.63. The molecule has 5 nitrogen and oxygen atoms in total. The van der Waals surface area contributed by atoms with Gasteiger partial charge in [0.1, 0.15) is 5.82 Å². The van der Waals surface area contributed by atoms with Crippen molar-refractivity contribution < 1.29 is 9.53 Å². The van der Waals surface area contributed by atoms with Crippen LogP contribution in [0.5, 0.6) is 0 Å². The van der Waals surface area contributed by atoms with Gasteiger partial charge < -0.3 is 15.0 Å². The molecule has 0 aliphatic heterocycles. The molecule has 5 heteroatoms. The Morgan fingerprint density at radius 1 is 1.20 bits per heavy atom. The summed E-state index contributed by atoms with van der Waals surface area (Å²) in [6, 6.07) is 17.2. The molecule has 1 aromatic heterocycles. The van der Waals surface area contributed by atoms with E-state index < -0.39 is 0 Å². The minimum Gasteiger partial charge on any atom is -0.380 e. The summed E-state index contributed by atoms with van der Waals surface area (Å²) < 4.78 is 5.11. The minimum atomic E-state index is -0.226. The third kappa shape index (κ3) is 4.14. The number of imidazole rings is 1. The summed E-state index contributed by atoms with van der Waals surface area (Å²) >= 11 is 0. The summed E-state index contributed by atoms with van der Waals surface area (Å²) in [6.45, 7) is 2.39. The van der Waals surface area contributed by atoms with Crippen LogP contribution in [0.2, 0.25) is 0 Å². The van der Waals surface area contributed by atoms with E-state index in [1.807, 2.05) is 55.5 Å². The van der Waals surface area contributed by atoms with E-state index in [0.717, 1.165) is 22.6 Å². The fourth-order valence-corrected chi connectivity index (χ4v) is 2.64. The second-order valence-electron chi connectivity index (χ2n) is 5.88. The van der Waals surface area contributed by atoms with E-state index in [1.54, 1.807) is 19.4 Å². The molecule has 0 saturated carbocycles. The predicted molar refractivity (Wildman–Crippen MR) is 97.1 cm³/mol. The normalized spacial score (nSPS) is 11.9. The maximum Gasteiger partial charge on any atom is 0.251 e. The fraction of sp³-hybridized carbons (Fsp3) is 0.200. The number of amides is 1. The first-order valence-corrected chi connectivity index (χ1v) is 8.16. The van der Waals surface area contributed by atoms with Crippen LogP contribution in [-0.4, -0.2) is 23.0 Å². The maximum atomic E-state index is 12.5. The number of aromatic nitrogens is 2. The number of nitrogens with one attached hydrogen (secondary N) is 2. The number of ether oxygens (including phenoxy) is 1. The van der Waals surface area contributed by atoms with Crippen LogP contribution >= 0.6 is 0 Å². The Kier molecular flexibility index (Phi) is 5.26. The predicted octanol–water partition coefficient (Wildman–Crippen LogP) is 3.71. The number of carbonyl (C=O) groups is 1. The number of hydrogen-bond donors (Lipinski definition) is 2. The molecule has 0 unspecified atom stereocenters. The van der Waals surface area contributed by atoms with Crippen molar-refractivity contribution in [2.24, 2.45) is 0 Å². The first-order valence-electron chi connectivity index (χ1n) is 8.16. The van der Waals surface area contributed by atoms with Crippen molar-refractivity contribution in [3.05, 3.63) is 77.7 Å². The molecule has 3 rings (SSSR count). The lowest BCUT2D eigenvalue weighted by molar-refractivity contribution is 0.0938. The van der Waals surface area contributed by atoms with Gasteiger partial charge in [0.15, 0.2) is 0 Å². The van der Waals surface area contributed by atoms with Gasteiger partial charge in [-0.1, -0.05) is 42.5 Å². The number of nitrogens with zero attached hydrogens (tertiary/aromatic N) is 1. The van der Waals surface area contributed by atoms with Crippen molar-refractivity contribution in [3.8, 4) is 11.3 Å². The molecule has 0 aliphatic rings. The number of benzene rings is 2. The Morgan fingerprint density at radius 2 is 2.00 bits per heavy atom. The lowest BCUT2D eigenvalue weighted by Crippen LogP contribution is -2.27. The molecule has 0 bridgehead atoms. The molecule has 0 saturated heterocycles. The summed E-state index contributed by atoms with van der Waals surface area (Å²) in [4.78, 5) is 20.1. The van der Waals surface area contributed by atoms with E-state index in [-0.39, 0.29) is 11.9 Å². The molecule has 1 amide bonds. The standard InChI is InChI=1S/C20H21N3O2/c1-14(19-21-12-18(23-19)16-8-4-3-5-9-16)22-20(24)17-10-6-7-15(11-17)13-25-2/h3-12,14H,13H2,1-2H3,(H,21,23)(H,22,24)/t14-/m1/s1. The topological polar surface area (TPSA) is 67.0 Å². The third-order valence-electron chi connectivity index (χ3n) is 3.94. The molecule has 2 N–H and O–H groups in total. The van der Waals surface area contributed by atoms with Gasteiger partial charge in [0.2, 0.25) is 0 Å². The highest BCUT2D eigenvalue weighted by atomic mass is 16.5. The molecular formula is C20H21N3O2. The molecule has 2 aromatic carbocycles. The van der Waals surface area contributed by atoms with Crippen molar-refractivity contribution in [2.45, 2.75) is 19.6 Å². The van der Waals surface area contributed by atoms with Crippen LogP contribution in [0.15, 0.2) is 60.8 Å². The third-order valence-corrected chi connectivity index (χ3v) is 3.94. The van der Waals surface area contributed by atoms with Crippen LogP contribution in [-0.2, 0) is 11.3 Å². The second kappa shape index (κ2) is 7.77. The highest BCUT2D eigenvalue weighted by Gasteiger charge is 2.15. The zero-order chi connectivity index (χ0) is 17.6. The van der Waals surface area contributed by atoms with Gasteiger partial charge in [0, 0.05) is 12.7 Å². The zero-order valence-corrected chi connectivity index (χ0v) is 14.3. The summed E-state index contributed by atoms with van der Waals surface area (Å²) in [6.07, 6.45) is 1.78. The molecule has 0 radical (unpaired) electrons. The zero-order valence-electron chi connectivity index (χ0n) is 14.3. The number of hydrogen-bond acceptors (Lipinski definition) is 3. The highest BCUT2D eigenvalue weighted by Crippen LogP contribution is 2.19. The maximum absolute atomic E-state index is 12.5. The second-order valence-corrected chi connectivity index (χ2v) is 5.88. The van der Waals surface area contributed by atoms with Crippen molar-refractivity contribution in [1.82, 2.24) is 15.3 Å². The van der Waals surface area contributed by atoms with Crippen LogP contribution < -0.4 is 5.32 Å². The van der Waals surface area contributed by atoms with Gasteiger partial charge in [-0.2, -0.15) is 0 Å². The Morgan fingerprint density at radius 3 is 2.76 bits per heavy atom. The fourth-order valence-electron chi connectivity index (χ4n) is 2.64. The van der Waals surface area contributed by atoms with Gasteiger partial charge >= 0.3 is 0 Å². The quantitative estimate of drug-likeness (QED) is 0.721. The van der Waals surface area contributed by atoms with E-state index in [1.165, 1.54) is 0 Å². The van der Waals surface area contributed by atoms with E-state index in [0.29, 0.717) is 12.2 Å². The molecule has 128 valence electrons. The number of aromatic amines is 1. The number of H-pyrrole nitrogens is 1. The smallest absolute Gasteiger partial charge is 0.251 e. The minimum absolute atomic E-state index is 0.136. The average molecular weight is 335 g/mol. The number of rotatable bonds is 6. The van der Waals surface area contributed by atoms with Crippen molar-refractivity contribution in [2.75, 3.05) is 7.11 Å². The van der Waals surface area contributed by atoms with E-state index in [9.17, 15) is 4.79 Å². The first-order chi connectivity index (χ1) is 12.2. The molecule has 0 spiro atoms. The van der Waals surface area contributed by atoms with Crippen molar-refractivity contribution >= 4 is 5.91 Å². The SMILES string of the molecule is COCc1cccc(C(=O)N[C@H](C)c2ncc(-c3ccccc3)[nH]2)c1. The molecule has 25 heavy (non-hydrogen) atoms.